The first-order valence-electron chi connectivity index (χ1n) is 11.0. The molecule has 1 N–H and O–H groups in total. The molecule has 8 heteroatoms. The van der Waals surface area contributed by atoms with Crippen LogP contribution in [0.4, 0.5) is 0 Å². The van der Waals surface area contributed by atoms with E-state index in [-0.39, 0.29) is 29.9 Å². The molecule has 0 aromatic heterocycles. The Bertz CT molecular complexity index is 677. The Hall–Kier alpha value is -0.0900. The first-order chi connectivity index (χ1) is 13.1. The number of ether oxygens (including phenoxy) is 1. The molecule has 1 saturated carbocycles. The summed E-state index contributed by atoms with van der Waals surface area (Å²) >= 11 is 0. The minimum absolute atomic E-state index is 0. The van der Waals surface area contributed by atoms with Gasteiger partial charge in [-0.1, -0.05) is 19.3 Å². The summed E-state index contributed by atoms with van der Waals surface area (Å²) in [4.78, 5) is 7.43. The van der Waals surface area contributed by atoms with Crippen LogP contribution in [0.15, 0.2) is 4.99 Å². The van der Waals surface area contributed by atoms with Crippen LogP contribution in [0.1, 0.15) is 51.4 Å². The highest BCUT2D eigenvalue weighted by Crippen LogP contribution is 2.47. The Morgan fingerprint density at radius 1 is 1.00 bits per heavy atom. The number of nitrogens with one attached hydrogen (secondary N) is 1. The minimum atomic E-state index is -2.83. The van der Waals surface area contributed by atoms with Gasteiger partial charge < -0.3 is 15.0 Å². The molecule has 4 heterocycles. The van der Waals surface area contributed by atoms with Crippen molar-refractivity contribution in [2.75, 3.05) is 31.1 Å². The number of rotatable bonds is 3. The van der Waals surface area contributed by atoms with Crippen molar-refractivity contribution in [3.05, 3.63) is 0 Å². The second kappa shape index (κ2) is 8.57. The predicted octanol–water partition coefficient (Wildman–Crippen LogP) is 2.43. The van der Waals surface area contributed by atoms with E-state index in [1.807, 2.05) is 0 Å². The second-order valence-corrected chi connectivity index (χ2v) is 11.7. The van der Waals surface area contributed by atoms with Gasteiger partial charge in [-0.05, 0) is 38.0 Å². The molecule has 5 unspecified atom stereocenters. The largest absolute Gasteiger partial charge is 0.374 e. The van der Waals surface area contributed by atoms with Crippen LogP contribution in [0, 0.1) is 17.8 Å². The molecule has 5 fully saturated rings. The minimum Gasteiger partial charge on any atom is -0.374 e. The molecule has 0 spiro atoms. The zero-order valence-corrected chi connectivity index (χ0v) is 19.7. The van der Waals surface area contributed by atoms with Crippen LogP contribution in [0.25, 0.3) is 0 Å². The lowest BCUT2D eigenvalue weighted by Gasteiger charge is -2.30. The van der Waals surface area contributed by atoms with Gasteiger partial charge in [-0.15, -0.1) is 24.0 Å². The number of hydrogen-bond acceptors (Lipinski definition) is 4. The normalized spacial score (nSPS) is 39.8. The van der Waals surface area contributed by atoms with Crippen molar-refractivity contribution >= 4 is 39.8 Å². The van der Waals surface area contributed by atoms with Crippen LogP contribution in [0.5, 0.6) is 0 Å². The highest BCUT2D eigenvalue weighted by molar-refractivity contribution is 14.0. The number of fused-ring (bicyclic) bond motifs is 5. The van der Waals surface area contributed by atoms with Crippen molar-refractivity contribution in [2.24, 2.45) is 22.7 Å². The van der Waals surface area contributed by atoms with Crippen LogP contribution in [-0.2, 0) is 14.6 Å². The SMILES string of the molecule is I.O=S1(=O)CCC(CN=C(NC2CCCCC2)N2CC3C4CCC(O4)C3C2)C1. The monoisotopic (exact) mass is 523 g/mol. The van der Waals surface area contributed by atoms with Gasteiger partial charge in [0.1, 0.15) is 0 Å². The Labute approximate surface area is 186 Å². The molecule has 6 nitrogen and oxygen atoms in total. The molecule has 5 atom stereocenters. The fourth-order valence-corrected chi connectivity index (χ4v) is 7.88. The third-order valence-electron chi connectivity index (χ3n) is 7.52. The Morgan fingerprint density at radius 2 is 1.68 bits per heavy atom. The van der Waals surface area contributed by atoms with Gasteiger partial charge in [-0.25, -0.2) is 8.42 Å². The van der Waals surface area contributed by atoms with Crippen molar-refractivity contribution in [1.29, 1.82) is 0 Å². The maximum Gasteiger partial charge on any atom is 0.194 e. The van der Waals surface area contributed by atoms with Crippen molar-refractivity contribution in [3.63, 3.8) is 0 Å². The lowest BCUT2D eigenvalue weighted by Crippen LogP contribution is -2.46. The zero-order chi connectivity index (χ0) is 18.4. The van der Waals surface area contributed by atoms with Crippen molar-refractivity contribution in [3.8, 4) is 0 Å². The van der Waals surface area contributed by atoms with Crippen molar-refractivity contribution in [1.82, 2.24) is 10.2 Å². The molecule has 4 aliphatic heterocycles. The number of sulfone groups is 1. The van der Waals surface area contributed by atoms with Gasteiger partial charge in [-0.3, -0.25) is 4.99 Å². The third kappa shape index (κ3) is 4.33. The van der Waals surface area contributed by atoms with E-state index < -0.39 is 9.84 Å². The number of nitrogens with zero attached hydrogens (tertiary/aromatic N) is 2. The summed E-state index contributed by atoms with van der Waals surface area (Å²) in [6.45, 7) is 2.74. The van der Waals surface area contributed by atoms with E-state index >= 15 is 0 Å². The Balaban J connectivity index is 0.00000192. The van der Waals surface area contributed by atoms with Crippen LogP contribution in [0.2, 0.25) is 0 Å². The smallest absolute Gasteiger partial charge is 0.194 e. The molecule has 1 aliphatic carbocycles. The van der Waals surface area contributed by atoms with Crippen molar-refractivity contribution < 1.29 is 13.2 Å². The maximum absolute atomic E-state index is 11.8. The molecule has 5 aliphatic rings. The zero-order valence-electron chi connectivity index (χ0n) is 16.6. The standard InChI is InChI=1S/C20H33N3O3S.HI/c24-27(25)9-8-14(13-27)10-21-20(22-15-4-2-1-3-5-15)23-11-16-17(12-23)19-7-6-18(16)26-19;/h14-19H,1-13H2,(H,21,22);1H. The lowest BCUT2D eigenvalue weighted by molar-refractivity contribution is 0.0766. The molecule has 0 amide bonds. The summed E-state index contributed by atoms with van der Waals surface area (Å²) in [6, 6.07) is 0.526. The summed E-state index contributed by atoms with van der Waals surface area (Å²) in [7, 11) is -2.83. The Kier molecular flexibility index (Phi) is 6.48. The summed E-state index contributed by atoms with van der Waals surface area (Å²) in [5, 5.41) is 3.77. The molecule has 28 heavy (non-hydrogen) atoms. The van der Waals surface area contributed by atoms with Crippen LogP contribution in [0.3, 0.4) is 0 Å². The fourth-order valence-electron chi connectivity index (χ4n) is 6.03. The van der Waals surface area contributed by atoms with E-state index in [0.717, 1.165) is 25.5 Å². The highest BCUT2D eigenvalue weighted by Gasteiger charge is 2.53. The molecular formula is C20H34IN3O3S. The highest BCUT2D eigenvalue weighted by atomic mass is 127. The van der Waals surface area contributed by atoms with Gasteiger partial charge >= 0.3 is 0 Å². The van der Waals surface area contributed by atoms with E-state index in [1.54, 1.807) is 0 Å². The van der Waals surface area contributed by atoms with Gasteiger partial charge in [0.2, 0.25) is 0 Å². The summed E-state index contributed by atoms with van der Waals surface area (Å²) in [5.74, 6) is 3.21. The van der Waals surface area contributed by atoms with E-state index in [4.69, 9.17) is 9.73 Å². The van der Waals surface area contributed by atoms with E-state index in [2.05, 4.69) is 10.2 Å². The fraction of sp³-hybridized carbons (Fsp3) is 0.950. The van der Waals surface area contributed by atoms with Crippen LogP contribution < -0.4 is 5.32 Å². The molecule has 4 saturated heterocycles. The summed E-state index contributed by atoms with van der Waals surface area (Å²) in [6.07, 6.45) is 10.5. The third-order valence-corrected chi connectivity index (χ3v) is 9.35. The molecule has 0 aromatic rings. The van der Waals surface area contributed by atoms with Gasteiger partial charge in [-0.2, -0.15) is 0 Å². The van der Waals surface area contributed by atoms with Gasteiger partial charge in [0, 0.05) is 37.5 Å². The molecule has 5 rings (SSSR count). The predicted molar refractivity (Wildman–Crippen MR) is 121 cm³/mol. The lowest BCUT2D eigenvalue weighted by atomic mass is 9.82. The van der Waals surface area contributed by atoms with Gasteiger partial charge in [0.05, 0.1) is 23.7 Å². The quantitative estimate of drug-likeness (QED) is 0.350. The summed E-state index contributed by atoms with van der Waals surface area (Å²) in [5.41, 5.74) is 0. The molecule has 0 aromatic carbocycles. The first-order valence-corrected chi connectivity index (χ1v) is 12.8. The average Bonchev–Trinajstić information content (AvgIpc) is 3.41. The maximum atomic E-state index is 11.8. The van der Waals surface area contributed by atoms with Crippen LogP contribution >= 0.6 is 24.0 Å². The van der Waals surface area contributed by atoms with Gasteiger partial charge in [0.15, 0.2) is 15.8 Å². The second-order valence-electron chi connectivity index (χ2n) is 9.44. The van der Waals surface area contributed by atoms with Gasteiger partial charge in [0.25, 0.3) is 0 Å². The van der Waals surface area contributed by atoms with Crippen molar-refractivity contribution in [2.45, 2.75) is 69.6 Å². The number of guanidine groups is 1. The van der Waals surface area contributed by atoms with E-state index in [0.29, 0.717) is 48.1 Å². The summed E-state index contributed by atoms with van der Waals surface area (Å²) < 4.78 is 29.7. The Morgan fingerprint density at radius 3 is 2.29 bits per heavy atom. The molecule has 2 bridgehead atoms. The molecule has 160 valence electrons. The number of halogens is 1. The van der Waals surface area contributed by atoms with E-state index in [9.17, 15) is 8.42 Å². The topological polar surface area (TPSA) is 71.0 Å². The average molecular weight is 523 g/mol. The number of likely N-dealkylation sites (tertiary alicyclic amines) is 1. The van der Waals surface area contributed by atoms with E-state index in [1.165, 1.54) is 44.9 Å². The number of hydrogen-bond donors (Lipinski definition) is 1. The molecule has 0 radical (unpaired) electrons. The first kappa shape index (κ1) is 21.2. The van der Waals surface area contributed by atoms with Crippen LogP contribution in [-0.4, -0.2) is 68.7 Å². The number of aliphatic imine (C=N–C) groups is 1. The molecular weight excluding hydrogens is 489 g/mol.